The predicted molar refractivity (Wildman–Crippen MR) is 79.4 cm³/mol. The molecule has 102 valence electrons. The van der Waals surface area contributed by atoms with E-state index in [-0.39, 0.29) is 0 Å². The van der Waals surface area contributed by atoms with Crippen molar-refractivity contribution in [1.29, 1.82) is 0 Å². The number of halogens is 2. The number of nitrogens with zero attached hydrogens (tertiary/aromatic N) is 5. The standard InChI is InChI=1S/C13H11Cl2N5/c1-19(7-9-4-2-3-5-10(9)14)12-6-11(15)18-13-16-8-17-20(12)13/h2-6,8H,7H2,1H3. The maximum atomic E-state index is 6.18. The molecule has 2 aromatic heterocycles. The molecule has 20 heavy (non-hydrogen) atoms. The van der Waals surface area contributed by atoms with Gasteiger partial charge in [0.1, 0.15) is 17.3 Å². The quantitative estimate of drug-likeness (QED) is 0.698. The molecular formula is C13H11Cl2N5. The predicted octanol–water partition coefficient (Wildman–Crippen LogP) is 3.07. The van der Waals surface area contributed by atoms with Crippen LogP contribution >= 0.6 is 23.2 Å². The molecule has 0 amide bonds. The van der Waals surface area contributed by atoms with Crippen LogP contribution in [0.15, 0.2) is 36.7 Å². The van der Waals surface area contributed by atoms with E-state index in [1.54, 1.807) is 10.6 Å². The van der Waals surface area contributed by atoms with Crippen molar-refractivity contribution in [2.75, 3.05) is 11.9 Å². The topological polar surface area (TPSA) is 46.3 Å². The molecule has 0 atom stereocenters. The zero-order chi connectivity index (χ0) is 14.1. The second-order valence-corrected chi connectivity index (χ2v) is 5.15. The first-order chi connectivity index (χ1) is 9.65. The largest absolute Gasteiger partial charge is 0.355 e. The van der Waals surface area contributed by atoms with Gasteiger partial charge in [-0.15, -0.1) is 0 Å². The molecule has 0 aliphatic carbocycles. The zero-order valence-corrected chi connectivity index (χ0v) is 12.2. The van der Waals surface area contributed by atoms with Crippen LogP contribution in [0.1, 0.15) is 5.56 Å². The lowest BCUT2D eigenvalue weighted by molar-refractivity contribution is 0.832. The summed E-state index contributed by atoms with van der Waals surface area (Å²) in [6, 6.07) is 9.47. The van der Waals surface area contributed by atoms with Gasteiger partial charge in [0.05, 0.1) is 0 Å². The van der Waals surface area contributed by atoms with Crippen molar-refractivity contribution in [3.63, 3.8) is 0 Å². The first-order valence-corrected chi connectivity index (χ1v) is 6.71. The molecule has 2 heterocycles. The molecule has 0 N–H and O–H groups in total. The SMILES string of the molecule is CN(Cc1ccccc1Cl)c1cc(Cl)nc2ncnn12. The Labute approximate surface area is 125 Å². The van der Waals surface area contributed by atoms with Gasteiger partial charge in [-0.3, -0.25) is 0 Å². The highest BCUT2D eigenvalue weighted by Gasteiger charge is 2.12. The third kappa shape index (κ3) is 2.42. The molecule has 5 nitrogen and oxygen atoms in total. The van der Waals surface area contributed by atoms with E-state index >= 15 is 0 Å². The minimum atomic E-state index is 0.381. The molecule has 0 saturated carbocycles. The van der Waals surface area contributed by atoms with Crippen molar-refractivity contribution in [3.8, 4) is 0 Å². The molecule has 0 saturated heterocycles. The Bertz CT molecular complexity index is 755. The highest BCUT2D eigenvalue weighted by Crippen LogP contribution is 2.22. The van der Waals surface area contributed by atoms with Crippen LogP contribution in [0.2, 0.25) is 10.2 Å². The van der Waals surface area contributed by atoms with Crippen molar-refractivity contribution in [1.82, 2.24) is 19.6 Å². The highest BCUT2D eigenvalue weighted by atomic mass is 35.5. The molecule has 0 aliphatic heterocycles. The monoisotopic (exact) mass is 307 g/mol. The van der Waals surface area contributed by atoms with Gasteiger partial charge in [0.15, 0.2) is 0 Å². The fourth-order valence-corrected chi connectivity index (χ4v) is 2.37. The molecule has 3 rings (SSSR count). The second-order valence-electron chi connectivity index (χ2n) is 4.36. The number of rotatable bonds is 3. The van der Waals surface area contributed by atoms with Gasteiger partial charge in [-0.25, -0.2) is 0 Å². The molecule has 0 fully saturated rings. The van der Waals surface area contributed by atoms with Gasteiger partial charge in [-0.05, 0) is 11.6 Å². The van der Waals surface area contributed by atoms with E-state index in [0.29, 0.717) is 17.5 Å². The minimum Gasteiger partial charge on any atom is -0.355 e. The Kier molecular flexibility index (Phi) is 3.46. The van der Waals surface area contributed by atoms with Gasteiger partial charge in [0, 0.05) is 24.7 Å². The number of hydrogen-bond donors (Lipinski definition) is 0. The van der Waals surface area contributed by atoms with Crippen LogP contribution < -0.4 is 4.90 Å². The third-order valence-corrected chi connectivity index (χ3v) is 3.52. The summed E-state index contributed by atoms with van der Waals surface area (Å²) in [6.45, 7) is 0.634. The number of benzene rings is 1. The van der Waals surface area contributed by atoms with Crippen molar-refractivity contribution in [3.05, 3.63) is 52.4 Å². The van der Waals surface area contributed by atoms with Gasteiger partial charge in [0.25, 0.3) is 5.78 Å². The second kappa shape index (κ2) is 5.26. The van der Waals surface area contributed by atoms with E-state index in [1.165, 1.54) is 6.33 Å². The van der Waals surface area contributed by atoms with Crippen LogP contribution in [-0.2, 0) is 6.54 Å². The third-order valence-electron chi connectivity index (χ3n) is 2.96. The summed E-state index contributed by atoms with van der Waals surface area (Å²) in [6.07, 6.45) is 1.45. The van der Waals surface area contributed by atoms with Gasteiger partial charge >= 0.3 is 0 Å². The normalized spacial score (nSPS) is 10.9. The molecule has 0 bridgehead atoms. The van der Waals surface area contributed by atoms with Crippen molar-refractivity contribution in [2.45, 2.75) is 6.54 Å². The molecule has 0 radical (unpaired) electrons. The summed E-state index contributed by atoms with van der Waals surface area (Å²) in [5.41, 5.74) is 1.03. The Morgan fingerprint density at radius 3 is 2.85 bits per heavy atom. The van der Waals surface area contributed by atoms with Crippen LogP contribution in [0.5, 0.6) is 0 Å². The highest BCUT2D eigenvalue weighted by molar-refractivity contribution is 6.31. The molecule has 3 aromatic rings. The fraction of sp³-hybridized carbons (Fsp3) is 0.154. The van der Waals surface area contributed by atoms with E-state index < -0.39 is 0 Å². The van der Waals surface area contributed by atoms with Gasteiger partial charge in [-0.1, -0.05) is 41.4 Å². The molecule has 7 heteroatoms. The summed E-state index contributed by atoms with van der Waals surface area (Å²) < 4.78 is 1.64. The van der Waals surface area contributed by atoms with Crippen molar-refractivity contribution in [2.24, 2.45) is 0 Å². The fourth-order valence-electron chi connectivity index (χ4n) is 2.00. The van der Waals surface area contributed by atoms with Crippen LogP contribution in [-0.4, -0.2) is 26.6 Å². The first-order valence-electron chi connectivity index (χ1n) is 5.96. The van der Waals surface area contributed by atoms with Crippen molar-refractivity contribution < 1.29 is 0 Å². The Morgan fingerprint density at radius 2 is 2.05 bits per heavy atom. The average molecular weight is 308 g/mol. The maximum Gasteiger partial charge on any atom is 0.255 e. The Morgan fingerprint density at radius 1 is 1.25 bits per heavy atom. The number of anilines is 1. The lowest BCUT2D eigenvalue weighted by atomic mass is 10.2. The minimum absolute atomic E-state index is 0.381. The summed E-state index contributed by atoms with van der Waals surface area (Å²) >= 11 is 12.2. The van der Waals surface area contributed by atoms with E-state index in [9.17, 15) is 0 Å². The van der Waals surface area contributed by atoms with Crippen LogP contribution in [0, 0.1) is 0 Å². The smallest absolute Gasteiger partial charge is 0.255 e. The molecule has 0 unspecified atom stereocenters. The zero-order valence-electron chi connectivity index (χ0n) is 10.7. The molecular weight excluding hydrogens is 297 g/mol. The van der Waals surface area contributed by atoms with E-state index in [2.05, 4.69) is 15.1 Å². The van der Waals surface area contributed by atoms with Crippen molar-refractivity contribution >= 4 is 34.8 Å². The van der Waals surface area contributed by atoms with Crippen LogP contribution in [0.4, 0.5) is 5.82 Å². The lowest BCUT2D eigenvalue weighted by Crippen LogP contribution is -2.20. The van der Waals surface area contributed by atoms with Gasteiger partial charge < -0.3 is 4.90 Å². The summed E-state index contributed by atoms with van der Waals surface area (Å²) in [7, 11) is 1.94. The van der Waals surface area contributed by atoms with Gasteiger partial charge in [0.2, 0.25) is 0 Å². The van der Waals surface area contributed by atoms with Gasteiger partial charge in [-0.2, -0.15) is 19.6 Å². The van der Waals surface area contributed by atoms with E-state index in [0.717, 1.165) is 16.4 Å². The molecule has 0 spiro atoms. The average Bonchev–Trinajstić information content (AvgIpc) is 2.88. The number of fused-ring (bicyclic) bond motifs is 1. The summed E-state index contributed by atoms with van der Waals surface area (Å²) in [5.74, 6) is 1.27. The summed E-state index contributed by atoms with van der Waals surface area (Å²) in [5, 5.41) is 5.27. The molecule has 1 aromatic carbocycles. The van der Waals surface area contributed by atoms with E-state index in [4.69, 9.17) is 23.2 Å². The van der Waals surface area contributed by atoms with Crippen LogP contribution in [0.3, 0.4) is 0 Å². The van der Waals surface area contributed by atoms with E-state index in [1.807, 2.05) is 36.2 Å². The number of aromatic nitrogens is 4. The first kappa shape index (κ1) is 13.1. The maximum absolute atomic E-state index is 6.18. The Hall–Kier alpha value is -1.85. The lowest BCUT2D eigenvalue weighted by Gasteiger charge is -2.20. The van der Waals surface area contributed by atoms with Crippen LogP contribution in [0.25, 0.3) is 5.78 Å². The molecule has 0 aliphatic rings. The summed E-state index contributed by atoms with van der Waals surface area (Å²) in [4.78, 5) is 10.2. The Balaban J connectivity index is 1.98. The number of hydrogen-bond acceptors (Lipinski definition) is 4.